The molecule has 0 N–H and O–H groups in total. The summed E-state index contributed by atoms with van der Waals surface area (Å²) in [5.41, 5.74) is 0. The van der Waals surface area contributed by atoms with Gasteiger partial charge < -0.3 is 4.90 Å². The maximum Gasteiger partial charge on any atom is 0.230 e. The van der Waals surface area contributed by atoms with E-state index < -0.39 is 0 Å². The fraction of sp³-hybridized carbons (Fsp3) is 0.636. The van der Waals surface area contributed by atoms with Gasteiger partial charge in [-0.15, -0.1) is 6.42 Å². The third kappa shape index (κ3) is 3.72. The molecule has 1 heterocycles. The number of hydrogen-bond donors (Lipinski definition) is 0. The van der Waals surface area contributed by atoms with Crippen LogP contribution in [-0.4, -0.2) is 54.2 Å². The van der Waals surface area contributed by atoms with Crippen molar-refractivity contribution >= 4 is 11.7 Å². The molecule has 15 heavy (non-hydrogen) atoms. The van der Waals surface area contributed by atoms with Crippen LogP contribution in [0, 0.1) is 12.3 Å². The van der Waals surface area contributed by atoms with E-state index >= 15 is 0 Å². The summed E-state index contributed by atoms with van der Waals surface area (Å²) in [5, 5.41) is 0. The van der Waals surface area contributed by atoms with Crippen LogP contribution in [0.1, 0.15) is 13.3 Å². The van der Waals surface area contributed by atoms with E-state index in [4.69, 9.17) is 6.42 Å². The van der Waals surface area contributed by atoms with Gasteiger partial charge in [0.15, 0.2) is 0 Å². The lowest BCUT2D eigenvalue weighted by molar-refractivity contribution is -0.136. The van der Waals surface area contributed by atoms with Crippen molar-refractivity contribution < 1.29 is 9.59 Å². The van der Waals surface area contributed by atoms with Gasteiger partial charge in [-0.3, -0.25) is 14.5 Å². The second kappa shape index (κ2) is 5.52. The second-order valence-electron chi connectivity index (χ2n) is 3.74. The lowest BCUT2D eigenvalue weighted by atomic mass is 10.2. The Morgan fingerprint density at radius 1 is 1.27 bits per heavy atom. The largest absolute Gasteiger partial charge is 0.340 e. The highest BCUT2D eigenvalue weighted by Gasteiger charge is 2.20. The summed E-state index contributed by atoms with van der Waals surface area (Å²) in [5.74, 6) is 2.44. The van der Waals surface area contributed by atoms with Gasteiger partial charge in [0.2, 0.25) is 5.91 Å². The first-order valence-electron chi connectivity index (χ1n) is 5.06. The molecule has 0 saturated carbocycles. The Morgan fingerprint density at radius 2 is 1.87 bits per heavy atom. The van der Waals surface area contributed by atoms with Crippen molar-refractivity contribution in [3.63, 3.8) is 0 Å². The number of piperazine rings is 1. The maximum absolute atomic E-state index is 11.5. The third-order valence-corrected chi connectivity index (χ3v) is 2.44. The molecule has 4 heteroatoms. The van der Waals surface area contributed by atoms with E-state index in [9.17, 15) is 9.59 Å². The number of rotatable bonds is 3. The van der Waals surface area contributed by atoms with Gasteiger partial charge in [0.1, 0.15) is 5.78 Å². The third-order valence-electron chi connectivity index (χ3n) is 2.44. The van der Waals surface area contributed by atoms with Gasteiger partial charge in [-0.2, -0.15) is 0 Å². The highest BCUT2D eigenvalue weighted by molar-refractivity contribution is 5.96. The summed E-state index contributed by atoms with van der Waals surface area (Å²) in [6.45, 7) is 5.02. The summed E-state index contributed by atoms with van der Waals surface area (Å²) in [6, 6.07) is 0. The number of terminal acetylenes is 1. The molecule has 0 atom stereocenters. The van der Waals surface area contributed by atoms with Gasteiger partial charge in [0.05, 0.1) is 13.0 Å². The number of carbonyl (C=O) groups is 2. The first kappa shape index (κ1) is 11.7. The summed E-state index contributed by atoms with van der Waals surface area (Å²) in [6.07, 6.45) is 5.23. The lowest BCUT2D eigenvalue weighted by Crippen LogP contribution is -2.48. The molecule has 0 radical (unpaired) electrons. The van der Waals surface area contributed by atoms with Crippen LogP contribution in [0.3, 0.4) is 0 Å². The SMILES string of the molecule is C#CCN1CCN(C(=O)CC(C)=O)CC1. The van der Waals surface area contributed by atoms with Crippen LogP contribution in [0.4, 0.5) is 0 Å². The summed E-state index contributed by atoms with van der Waals surface area (Å²) < 4.78 is 0. The minimum atomic E-state index is -0.0777. The van der Waals surface area contributed by atoms with Crippen LogP contribution >= 0.6 is 0 Å². The molecule has 0 aromatic heterocycles. The van der Waals surface area contributed by atoms with Gasteiger partial charge in [0.25, 0.3) is 0 Å². The number of ketones is 1. The van der Waals surface area contributed by atoms with Gasteiger partial charge >= 0.3 is 0 Å². The van der Waals surface area contributed by atoms with Crippen molar-refractivity contribution in [3.05, 3.63) is 0 Å². The molecule has 1 saturated heterocycles. The van der Waals surface area contributed by atoms with E-state index in [0.717, 1.165) is 13.1 Å². The van der Waals surface area contributed by atoms with Gasteiger partial charge in [-0.1, -0.05) is 5.92 Å². The highest BCUT2D eigenvalue weighted by Crippen LogP contribution is 2.03. The molecule has 0 aliphatic carbocycles. The normalized spacial score (nSPS) is 17.2. The first-order chi connectivity index (χ1) is 7.13. The molecule has 1 aliphatic heterocycles. The average molecular weight is 208 g/mol. The zero-order valence-electron chi connectivity index (χ0n) is 9.03. The molecular formula is C11H16N2O2. The molecule has 1 aliphatic rings. The Kier molecular flexibility index (Phi) is 4.32. The molecular weight excluding hydrogens is 192 g/mol. The van der Waals surface area contributed by atoms with Crippen LogP contribution < -0.4 is 0 Å². The van der Waals surface area contributed by atoms with Crippen LogP contribution in [0.5, 0.6) is 0 Å². The van der Waals surface area contributed by atoms with Gasteiger partial charge in [-0.25, -0.2) is 0 Å². The highest BCUT2D eigenvalue weighted by atomic mass is 16.2. The summed E-state index contributed by atoms with van der Waals surface area (Å²) in [4.78, 5) is 26.2. The van der Waals surface area contributed by atoms with Crippen molar-refractivity contribution in [2.75, 3.05) is 32.7 Å². The number of amides is 1. The zero-order valence-corrected chi connectivity index (χ0v) is 9.03. The first-order valence-corrected chi connectivity index (χ1v) is 5.06. The predicted octanol–water partition coefficient (Wildman–Crippen LogP) is -0.257. The number of nitrogens with zero attached hydrogens (tertiary/aromatic N) is 2. The van der Waals surface area contributed by atoms with E-state index in [1.54, 1.807) is 4.90 Å². The Bertz CT molecular complexity index is 285. The van der Waals surface area contributed by atoms with Crippen molar-refractivity contribution in [2.45, 2.75) is 13.3 Å². The summed E-state index contributed by atoms with van der Waals surface area (Å²) >= 11 is 0. The average Bonchev–Trinajstić information content (AvgIpc) is 2.18. The molecule has 0 bridgehead atoms. The molecule has 1 rings (SSSR count). The molecule has 1 amide bonds. The van der Waals surface area contributed by atoms with Crippen LogP contribution in [-0.2, 0) is 9.59 Å². The quantitative estimate of drug-likeness (QED) is 0.474. The zero-order chi connectivity index (χ0) is 11.3. The molecule has 4 nitrogen and oxygen atoms in total. The van der Waals surface area contributed by atoms with Crippen LogP contribution in [0.15, 0.2) is 0 Å². The topological polar surface area (TPSA) is 40.6 Å². The van der Waals surface area contributed by atoms with E-state index in [2.05, 4.69) is 10.8 Å². The molecule has 0 aromatic carbocycles. The van der Waals surface area contributed by atoms with Crippen molar-refractivity contribution in [1.82, 2.24) is 9.80 Å². The standard InChI is InChI=1S/C11H16N2O2/c1-3-4-12-5-7-13(8-6-12)11(15)9-10(2)14/h1H,4-9H2,2H3. The fourth-order valence-corrected chi connectivity index (χ4v) is 1.61. The Balaban J connectivity index is 2.34. The van der Waals surface area contributed by atoms with E-state index in [0.29, 0.717) is 19.6 Å². The van der Waals surface area contributed by atoms with Gasteiger partial charge in [-0.05, 0) is 6.92 Å². The Hall–Kier alpha value is -1.34. The van der Waals surface area contributed by atoms with E-state index in [1.807, 2.05) is 0 Å². The number of carbonyl (C=O) groups excluding carboxylic acids is 2. The number of hydrogen-bond acceptors (Lipinski definition) is 3. The number of Topliss-reactive ketones (excluding diaryl/α,β-unsaturated/α-hetero) is 1. The fourth-order valence-electron chi connectivity index (χ4n) is 1.61. The van der Waals surface area contributed by atoms with Crippen LogP contribution in [0.2, 0.25) is 0 Å². The van der Waals surface area contributed by atoms with E-state index in [1.165, 1.54) is 6.92 Å². The van der Waals surface area contributed by atoms with Crippen LogP contribution in [0.25, 0.3) is 0 Å². The summed E-state index contributed by atoms with van der Waals surface area (Å²) in [7, 11) is 0. The predicted molar refractivity (Wildman–Crippen MR) is 57.2 cm³/mol. The second-order valence-corrected chi connectivity index (χ2v) is 3.74. The maximum atomic E-state index is 11.5. The minimum absolute atomic E-state index is 0.0230. The van der Waals surface area contributed by atoms with Crippen molar-refractivity contribution in [2.24, 2.45) is 0 Å². The monoisotopic (exact) mass is 208 g/mol. The Labute approximate surface area is 90.2 Å². The minimum Gasteiger partial charge on any atom is -0.340 e. The molecule has 82 valence electrons. The van der Waals surface area contributed by atoms with E-state index in [-0.39, 0.29) is 18.1 Å². The Morgan fingerprint density at radius 3 is 2.33 bits per heavy atom. The lowest BCUT2D eigenvalue weighted by Gasteiger charge is -2.33. The molecule has 0 aromatic rings. The molecule has 0 unspecified atom stereocenters. The molecule has 1 fully saturated rings. The molecule has 0 spiro atoms. The van der Waals surface area contributed by atoms with Crippen molar-refractivity contribution in [1.29, 1.82) is 0 Å². The van der Waals surface area contributed by atoms with Gasteiger partial charge in [0, 0.05) is 26.2 Å². The smallest absolute Gasteiger partial charge is 0.230 e. The van der Waals surface area contributed by atoms with Crippen molar-refractivity contribution in [3.8, 4) is 12.3 Å².